The molecule has 1 atom stereocenters. The third-order valence-corrected chi connectivity index (χ3v) is 4.95. The monoisotopic (exact) mass is 328 g/mol. The van der Waals surface area contributed by atoms with Crippen LogP contribution in [0.15, 0.2) is 73.1 Å². The Morgan fingerprint density at radius 2 is 1.64 bits per heavy atom. The predicted molar refractivity (Wildman–Crippen MR) is 98.4 cm³/mol. The summed E-state index contributed by atoms with van der Waals surface area (Å²) in [5.41, 5.74) is 5.64. The predicted octanol–water partition coefficient (Wildman–Crippen LogP) is 4.18. The number of aryl methyl sites for hydroxylation is 1. The van der Waals surface area contributed by atoms with Gasteiger partial charge in [0.1, 0.15) is 0 Å². The van der Waals surface area contributed by atoms with Crippen LogP contribution in [0.2, 0.25) is 0 Å². The summed E-state index contributed by atoms with van der Waals surface area (Å²) in [5, 5.41) is 0. The number of carbonyl (C=O) groups is 1. The summed E-state index contributed by atoms with van der Waals surface area (Å²) < 4.78 is 0. The van der Waals surface area contributed by atoms with Gasteiger partial charge >= 0.3 is 0 Å². The molecule has 0 spiro atoms. The van der Waals surface area contributed by atoms with Crippen LogP contribution in [-0.4, -0.2) is 22.3 Å². The molecule has 0 radical (unpaired) electrons. The standard InChI is InChI=1S/C22H20N2O/c1-16-6-2-4-8-19(16)21-20-9-5-3-7-17(20)12-15-24(21)22(25)18-10-13-23-14-11-18/h2-11,13-14,21H,12,15H2,1H3. The number of hydrogen-bond acceptors (Lipinski definition) is 2. The maximum absolute atomic E-state index is 13.2. The Kier molecular flexibility index (Phi) is 4.06. The highest BCUT2D eigenvalue weighted by Crippen LogP contribution is 2.37. The second-order valence-electron chi connectivity index (χ2n) is 6.44. The van der Waals surface area contributed by atoms with Crippen LogP contribution in [0.3, 0.4) is 0 Å². The summed E-state index contributed by atoms with van der Waals surface area (Å²) in [4.78, 5) is 19.2. The van der Waals surface area contributed by atoms with E-state index in [1.54, 1.807) is 24.5 Å². The molecule has 0 N–H and O–H groups in total. The number of fused-ring (bicyclic) bond motifs is 1. The van der Waals surface area contributed by atoms with Crippen LogP contribution < -0.4 is 0 Å². The van der Waals surface area contributed by atoms with Crippen molar-refractivity contribution in [2.75, 3.05) is 6.54 Å². The van der Waals surface area contributed by atoms with E-state index < -0.39 is 0 Å². The summed E-state index contributed by atoms with van der Waals surface area (Å²) in [6, 6.07) is 20.3. The Balaban J connectivity index is 1.84. The lowest BCUT2D eigenvalue weighted by Crippen LogP contribution is -2.40. The van der Waals surface area contributed by atoms with Crippen LogP contribution in [-0.2, 0) is 6.42 Å². The van der Waals surface area contributed by atoms with E-state index in [0.29, 0.717) is 5.56 Å². The molecule has 1 aliphatic heterocycles. The number of aromatic nitrogens is 1. The lowest BCUT2D eigenvalue weighted by Gasteiger charge is -2.38. The first kappa shape index (κ1) is 15.6. The highest BCUT2D eigenvalue weighted by Gasteiger charge is 2.32. The van der Waals surface area contributed by atoms with Gasteiger partial charge < -0.3 is 4.90 Å². The van der Waals surface area contributed by atoms with Crippen molar-refractivity contribution < 1.29 is 4.79 Å². The van der Waals surface area contributed by atoms with Crippen molar-refractivity contribution in [2.45, 2.75) is 19.4 Å². The Hall–Kier alpha value is -2.94. The van der Waals surface area contributed by atoms with Gasteiger partial charge in [0.25, 0.3) is 5.91 Å². The van der Waals surface area contributed by atoms with E-state index >= 15 is 0 Å². The number of pyridine rings is 1. The fourth-order valence-corrected chi connectivity index (χ4v) is 3.67. The van der Waals surface area contributed by atoms with Crippen LogP contribution in [0.1, 0.15) is 38.7 Å². The molecular formula is C22H20N2O. The molecule has 4 rings (SSSR count). The number of hydrogen-bond donors (Lipinski definition) is 0. The summed E-state index contributed by atoms with van der Waals surface area (Å²) in [6.45, 7) is 2.83. The van der Waals surface area contributed by atoms with E-state index in [4.69, 9.17) is 0 Å². The summed E-state index contributed by atoms with van der Waals surface area (Å²) in [5.74, 6) is 0.0603. The molecular weight excluding hydrogens is 308 g/mol. The van der Waals surface area contributed by atoms with Crippen LogP contribution in [0.25, 0.3) is 0 Å². The third-order valence-electron chi connectivity index (χ3n) is 4.95. The maximum Gasteiger partial charge on any atom is 0.254 e. The van der Waals surface area contributed by atoms with Gasteiger partial charge in [-0.25, -0.2) is 0 Å². The first-order chi connectivity index (χ1) is 12.3. The van der Waals surface area contributed by atoms with Gasteiger partial charge in [-0.3, -0.25) is 9.78 Å². The normalized spacial score (nSPS) is 16.4. The lowest BCUT2D eigenvalue weighted by molar-refractivity contribution is 0.0694. The van der Waals surface area contributed by atoms with Crippen LogP contribution in [0.4, 0.5) is 0 Å². The van der Waals surface area contributed by atoms with Crippen molar-refractivity contribution in [1.29, 1.82) is 0 Å². The zero-order chi connectivity index (χ0) is 17.2. The van der Waals surface area contributed by atoms with Gasteiger partial charge in [-0.15, -0.1) is 0 Å². The minimum atomic E-state index is -0.0492. The van der Waals surface area contributed by atoms with Gasteiger partial charge in [0.15, 0.2) is 0 Å². The Morgan fingerprint density at radius 1 is 0.960 bits per heavy atom. The topological polar surface area (TPSA) is 33.2 Å². The zero-order valence-corrected chi connectivity index (χ0v) is 14.2. The van der Waals surface area contributed by atoms with Gasteiger partial charge in [-0.05, 0) is 47.7 Å². The molecule has 0 bridgehead atoms. The van der Waals surface area contributed by atoms with Gasteiger partial charge in [-0.2, -0.15) is 0 Å². The van der Waals surface area contributed by atoms with E-state index in [0.717, 1.165) is 13.0 Å². The van der Waals surface area contributed by atoms with Crippen molar-refractivity contribution in [3.05, 3.63) is 101 Å². The molecule has 124 valence electrons. The van der Waals surface area contributed by atoms with E-state index in [1.807, 2.05) is 11.0 Å². The number of benzene rings is 2. The molecule has 1 unspecified atom stereocenters. The van der Waals surface area contributed by atoms with E-state index in [2.05, 4.69) is 54.4 Å². The quantitative estimate of drug-likeness (QED) is 0.707. The van der Waals surface area contributed by atoms with Crippen molar-refractivity contribution in [3.63, 3.8) is 0 Å². The van der Waals surface area contributed by atoms with Crippen molar-refractivity contribution in [1.82, 2.24) is 9.88 Å². The molecule has 25 heavy (non-hydrogen) atoms. The fraction of sp³-hybridized carbons (Fsp3) is 0.182. The Labute approximate surface area is 148 Å². The summed E-state index contributed by atoms with van der Waals surface area (Å²) in [6.07, 6.45) is 4.23. The molecule has 0 saturated carbocycles. The van der Waals surface area contributed by atoms with Gasteiger partial charge in [0.05, 0.1) is 6.04 Å². The fourth-order valence-electron chi connectivity index (χ4n) is 3.67. The van der Waals surface area contributed by atoms with Crippen LogP contribution >= 0.6 is 0 Å². The molecule has 3 aromatic rings. The van der Waals surface area contributed by atoms with Crippen LogP contribution in [0, 0.1) is 6.92 Å². The number of rotatable bonds is 2. The molecule has 0 fully saturated rings. The highest BCUT2D eigenvalue weighted by molar-refractivity contribution is 5.94. The Bertz CT molecular complexity index is 905. The highest BCUT2D eigenvalue weighted by atomic mass is 16.2. The van der Waals surface area contributed by atoms with Crippen molar-refractivity contribution in [2.24, 2.45) is 0 Å². The first-order valence-electron chi connectivity index (χ1n) is 8.60. The maximum atomic E-state index is 13.2. The lowest BCUT2D eigenvalue weighted by atomic mass is 9.86. The van der Waals surface area contributed by atoms with E-state index in [9.17, 15) is 4.79 Å². The second-order valence-corrected chi connectivity index (χ2v) is 6.44. The van der Waals surface area contributed by atoms with Gasteiger partial charge in [-0.1, -0.05) is 48.5 Å². The average Bonchev–Trinajstić information content (AvgIpc) is 2.68. The molecule has 1 amide bonds. The molecule has 1 aromatic heterocycles. The van der Waals surface area contributed by atoms with E-state index in [-0.39, 0.29) is 11.9 Å². The van der Waals surface area contributed by atoms with Crippen molar-refractivity contribution >= 4 is 5.91 Å². The molecule has 3 heteroatoms. The molecule has 3 nitrogen and oxygen atoms in total. The third kappa shape index (κ3) is 2.82. The molecule has 2 heterocycles. The second kappa shape index (κ2) is 6.52. The number of carbonyl (C=O) groups excluding carboxylic acids is 1. The number of nitrogens with zero attached hydrogens (tertiary/aromatic N) is 2. The zero-order valence-electron chi connectivity index (χ0n) is 14.2. The van der Waals surface area contributed by atoms with E-state index in [1.165, 1.54) is 22.3 Å². The SMILES string of the molecule is Cc1ccccc1C1c2ccccc2CCN1C(=O)c1ccncc1. The summed E-state index contributed by atoms with van der Waals surface area (Å²) >= 11 is 0. The minimum Gasteiger partial charge on any atom is -0.327 e. The minimum absolute atomic E-state index is 0.0492. The van der Waals surface area contributed by atoms with Crippen LogP contribution in [0.5, 0.6) is 0 Å². The molecule has 2 aromatic carbocycles. The molecule has 0 aliphatic carbocycles. The average molecular weight is 328 g/mol. The first-order valence-corrected chi connectivity index (χ1v) is 8.60. The summed E-state index contributed by atoms with van der Waals surface area (Å²) in [7, 11) is 0. The largest absolute Gasteiger partial charge is 0.327 e. The Morgan fingerprint density at radius 3 is 2.40 bits per heavy atom. The van der Waals surface area contributed by atoms with Gasteiger partial charge in [0, 0.05) is 24.5 Å². The number of amides is 1. The molecule has 1 aliphatic rings. The van der Waals surface area contributed by atoms with Gasteiger partial charge in [0.2, 0.25) is 0 Å². The smallest absolute Gasteiger partial charge is 0.254 e. The van der Waals surface area contributed by atoms with Crippen molar-refractivity contribution in [3.8, 4) is 0 Å². The molecule has 0 saturated heterocycles.